The molecule has 0 saturated carbocycles. The van der Waals surface area contributed by atoms with Crippen molar-refractivity contribution in [2.45, 2.75) is 96.9 Å². The number of aliphatic imine (C=N–C) groups is 1. The van der Waals surface area contributed by atoms with Gasteiger partial charge in [0.05, 0.1) is 6.61 Å². The van der Waals surface area contributed by atoms with Crippen LogP contribution < -0.4 is 16.8 Å². The maximum atomic E-state index is 12.1. The Balaban J connectivity index is 3.99. The maximum Gasteiger partial charge on any atom is 0.328 e. The minimum atomic E-state index is -0.634. The Morgan fingerprint density at radius 2 is 1.52 bits per heavy atom. The molecule has 7 heteroatoms. The van der Waals surface area contributed by atoms with E-state index in [1.54, 1.807) is 6.92 Å². The lowest BCUT2D eigenvalue weighted by atomic mass is 10.1. The number of rotatable bonds is 17. The molecule has 0 spiro atoms. The summed E-state index contributed by atoms with van der Waals surface area (Å²) in [5, 5.41) is 2.79. The summed E-state index contributed by atoms with van der Waals surface area (Å²) in [5.74, 6) is -0.474. The number of unbranched alkanes of at least 4 members (excludes halogenated alkanes) is 8. The fourth-order valence-electron chi connectivity index (χ4n) is 2.86. The minimum Gasteiger partial charge on any atom is -0.464 e. The number of hydrogen-bond donors (Lipinski definition) is 3. The van der Waals surface area contributed by atoms with E-state index in [0.717, 1.165) is 12.8 Å². The van der Waals surface area contributed by atoms with E-state index in [-0.39, 0.29) is 18.5 Å². The van der Waals surface area contributed by atoms with Crippen LogP contribution in [0.25, 0.3) is 0 Å². The standard InChI is InChI=1S/C20H40N4O3/c1-3-5-6-7-8-9-10-11-12-15-18(25)24-17(19(26)27-4-2)14-13-16-23-20(21)22/h17H,3-16H2,1-2H3,(H,24,25)(H4,21,22,23). The fourth-order valence-corrected chi connectivity index (χ4v) is 2.86. The number of hydrogen-bond acceptors (Lipinski definition) is 4. The van der Waals surface area contributed by atoms with Gasteiger partial charge in [0.25, 0.3) is 0 Å². The normalized spacial score (nSPS) is 11.6. The smallest absolute Gasteiger partial charge is 0.328 e. The van der Waals surface area contributed by atoms with Crippen molar-refractivity contribution in [1.82, 2.24) is 5.32 Å². The first-order valence-corrected chi connectivity index (χ1v) is 10.5. The molecule has 5 N–H and O–H groups in total. The average Bonchev–Trinajstić information content (AvgIpc) is 2.62. The first-order chi connectivity index (χ1) is 13.0. The first kappa shape index (κ1) is 25.2. The summed E-state index contributed by atoms with van der Waals surface area (Å²) in [6.45, 7) is 4.68. The Hall–Kier alpha value is -1.79. The van der Waals surface area contributed by atoms with Gasteiger partial charge in [-0.3, -0.25) is 9.79 Å². The van der Waals surface area contributed by atoms with E-state index < -0.39 is 12.0 Å². The van der Waals surface area contributed by atoms with Crippen LogP contribution in [0.3, 0.4) is 0 Å². The fraction of sp³-hybridized carbons (Fsp3) is 0.850. The highest BCUT2D eigenvalue weighted by atomic mass is 16.5. The van der Waals surface area contributed by atoms with Crippen molar-refractivity contribution in [2.75, 3.05) is 13.2 Å². The summed E-state index contributed by atoms with van der Waals surface area (Å²) in [6, 6.07) is -0.634. The van der Waals surface area contributed by atoms with Crippen molar-refractivity contribution < 1.29 is 14.3 Å². The second-order valence-electron chi connectivity index (χ2n) is 6.90. The van der Waals surface area contributed by atoms with Gasteiger partial charge in [-0.2, -0.15) is 0 Å². The molecule has 0 aromatic heterocycles. The van der Waals surface area contributed by atoms with Crippen LogP contribution in [-0.2, 0) is 14.3 Å². The van der Waals surface area contributed by atoms with Gasteiger partial charge >= 0.3 is 5.97 Å². The number of carbonyl (C=O) groups excluding carboxylic acids is 2. The van der Waals surface area contributed by atoms with Crippen LogP contribution in [0.5, 0.6) is 0 Å². The van der Waals surface area contributed by atoms with Crippen molar-refractivity contribution in [2.24, 2.45) is 16.5 Å². The van der Waals surface area contributed by atoms with Gasteiger partial charge in [0.2, 0.25) is 5.91 Å². The van der Waals surface area contributed by atoms with Gasteiger partial charge in [-0.15, -0.1) is 0 Å². The molecular formula is C20H40N4O3. The number of nitrogens with zero attached hydrogens (tertiary/aromatic N) is 1. The molecule has 0 heterocycles. The molecule has 27 heavy (non-hydrogen) atoms. The number of nitrogens with two attached hydrogens (primary N) is 2. The van der Waals surface area contributed by atoms with Crippen molar-refractivity contribution >= 4 is 17.8 Å². The van der Waals surface area contributed by atoms with E-state index in [9.17, 15) is 9.59 Å². The second kappa shape index (κ2) is 17.6. The molecule has 0 aromatic carbocycles. The number of carbonyl (C=O) groups is 2. The molecule has 0 rings (SSSR count). The van der Waals surface area contributed by atoms with E-state index in [0.29, 0.717) is 25.8 Å². The third-order valence-electron chi connectivity index (χ3n) is 4.36. The Kier molecular flexibility index (Phi) is 16.4. The van der Waals surface area contributed by atoms with Gasteiger partial charge in [0.15, 0.2) is 5.96 Å². The SMILES string of the molecule is CCCCCCCCCCCC(=O)NC(CCCN=C(N)N)C(=O)OCC. The van der Waals surface area contributed by atoms with Gasteiger partial charge in [-0.1, -0.05) is 58.3 Å². The highest BCUT2D eigenvalue weighted by Gasteiger charge is 2.21. The maximum absolute atomic E-state index is 12.1. The third-order valence-corrected chi connectivity index (χ3v) is 4.36. The van der Waals surface area contributed by atoms with E-state index in [2.05, 4.69) is 17.2 Å². The molecule has 1 atom stereocenters. The van der Waals surface area contributed by atoms with Crippen LogP contribution in [0.1, 0.15) is 90.9 Å². The van der Waals surface area contributed by atoms with Gasteiger partial charge in [0, 0.05) is 13.0 Å². The molecule has 7 nitrogen and oxygen atoms in total. The molecule has 0 aliphatic rings. The number of amides is 1. The van der Waals surface area contributed by atoms with Crippen LogP contribution in [0.15, 0.2) is 4.99 Å². The van der Waals surface area contributed by atoms with Crippen LogP contribution in [0.4, 0.5) is 0 Å². The molecule has 1 unspecified atom stereocenters. The summed E-state index contributed by atoms with van der Waals surface area (Å²) < 4.78 is 5.04. The zero-order chi connectivity index (χ0) is 20.3. The van der Waals surface area contributed by atoms with E-state index in [4.69, 9.17) is 16.2 Å². The first-order valence-electron chi connectivity index (χ1n) is 10.5. The second-order valence-corrected chi connectivity index (χ2v) is 6.90. The molecule has 158 valence electrons. The summed E-state index contributed by atoms with van der Waals surface area (Å²) in [4.78, 5) is 28.0. The lowest BCUT2D eigenvalue weighted by molar-refractivity contribution is -0.147. The quantitative estimate of drug-likeness (QED) is 0.154. The highest BCUT2D eigenvalue weighted by Crippen LogP contribution is 2.11. The Bertz CT molecular complexity index is 423. The molecule has 0 saturated heterocycles. The molecule has 0 fully saturated rings. The monoisotopic (exact) mass is 384 g/mol. The number of guanidine groups is 1. The van der Waals surface area contributed by atoms with Crippen LogP contribution in [0, 0.1) is 0 Å². The van der Waals surface area contributed by atoms with E-state index >= 15 is 0 Å². The van der Waals surface area contributed by atoms with Gasteiger partial charge in [0.1, 0.15) is 6.04 Å². The number of esters is 1. The predicted molar refractivity (Wildman–Crippen MR) is 110 cm³/mol. The van der Waals surface area contributed by atoms with E-state index in [1.165, 1.54) is 44.9 Å². The Morgan fingerprint density at radius 3 is 2.07 bits per heavy atom. The lowest BCUT2D eigenvalue weighted by Gasteiger charge is -2.17. The van der Waals surface area contributed by atoms with Crippen molar-refractivity contribution in [3.8, 4) is 0 Å². The topological polar surface area (TPSA) is 120 Å². The summed E-state index contributed by atoms with van der Waals surface area (Å²) in [7, 11) is 0. The van der Waals surface area contributed by atoms with Crippen LogP contribution in [0.2, 0.25) is 0 Å². The van der Waals surface area contributed by atoms with Crippen molar-refractivity contribution in [3.05, 3.63) is 0 Å². The summed E-state index contributed by atoms with van der Waals surface area (Å²) in [5.41, 5.74) is 10.6. The molecule has 0 aromatic rings. The van der Waals surface area contributed by atoms with Gasteiger partial charge in [-0.25, -0.2) is 4.79 Å². The summed E-state index contributed by atoms with van der Waals surface area (Å²) >= 11 is 0. The average molecular weight is 385 g/mol. The largest absolute Gasteiger partial charge is 0.464 e. The van der Waals surface area contributed by atoms with Crippen molar-refractivity contribution in [3.63, 3.8) is 0 Å². The van der Waals surface area contributed by atoms with Gasteiger partial charge < -0.3 is 21.5 Å². The van der Waals surface area contributed by atoms with E-state index in [1.807, 2.05) is 0 Å². The molecule has 1 amide bonds. The zero-order valence-corrected chi connectivity index (χ0v) is 17.3. The third kappa shape index (κ3) is 16.1. The number of ether oxygens (including phenoxy) is 1. The molecule has 0 aliphatic heterocycles. The molecule has 0 aliphatic carbocycles. The molecular weight excluding hydrogens is 344 g/mol. The molecule has 0 radical (unpaired) electrons. The predicted octanol–water partition coefficient (Wildman–Crippen LogP) is 3.01. The lowest BCUT2D eigenvalue weighted by Crippen LogP contribution is -2.42. The Labute approximate surface area is 164 Å². The number of nitrogens with one attached hydrogen (secondary N) is 1. The minimum absolute atomic E-state index is 0.0251. The van der Waals surface area contributed by atoms with Crippen LogP contribution in [-0.4, -0.2) is 37.0 Å². The molecule has 0 bridgehead atoms. The zero-order valence-electron chi connectivity index (χ0n) is 17.3. The summed E-state index contributed by atoms with van der Waals surface area (Å²) in [6.07, 6.45) is 12.3. The van der Waals surface area contributed by atoms with Crippen LogP contribution >= 0.6 is 0 Å². The van der Waals surface area contributed by atoms with Crippen molar-refractivity contribution in [1.29, 1.82) is 0 Å². The highest BCUT2D eigenvalue weighted by molar-refractivity contribution is 5.84. The Morgan fingerprint density at radius 1 is 0.926 bits per heavy atom. The van der Waals surface area contributed by atoms with Gasteiger partial charge in [-0.05, 0) is 26.2 Å².